The number of anilines is 2. The predicted molar refractivity (Wildman–Crippen MR) is 164 cm³/mol. The molecule has 6 rings (SSSR count). The Morgan fingerprint density at radius 1 is 0.933 bits per heavy atom. The van der Waals surface area contributed by atoms with E-state index < -0.39 is 30.7 Å². The molecule has 3 aromatic rings. The number of urea groups is 2. The molecular weight excluding hydrogens is 585 g/mol. The van der Waals surface area contributed by atoms with E-state index in [2.05, 4.69) is 10.6 Å². The first-order valence-electron chi connectivity index (χ1n) is 15.0. The molecule has 3 aliphatic rings. The summed E-state index contributed by atoms with van der Waals surface area (Å²) in [7, 11) is 0. The minimum Gasteiger partial charge on any atom is -0.325 e. The highest BCUT2D eigenvalue weighted by atomic mass is 19.4. The number of piperidine rings is 1. The third-order valence-corrected chi connectivity index (χ3v) is 8.41. The number of aliphatic imine (C=N–C) groups is 1. The summed E-state index contributed by atoms with van der Waals surface area (Å²) in [6.07, 6.45) is -5.96. The number of nitrogens with zero attached hydrogens (tertiary/aromatic N) is 4. The molecule has 0 aromatic heterocycles. The van der Waals surface area contributed by atoms with Gasteiger partial charge in [-0.3, -0.25) is 4.79 Å². The molecule has 2 N–H and O–H groups in total. The summed E-state index contributed by atoms with van der Waals surface area (Å²) >= 11 is 0. The largest absolute Gasteiger partial charge is 0.389 e. The van der Waals surface area contributed by atoms with E-state index in [1.165, 1.54) is 4.90 Å². The Hall–Kier alpha value is -4.87. The Labute approximate surface area is 258 Å². The van der Waals surface area contributed by atoms with Gasteiger partial charge in [-0.1, -0.05) is 66.7 Å². The van der Waals surface area contributed by atoms with Crippen molar-refractivity contribution < 1.29 is 27.6 Å². The summed E-state index contributed by atoms with van der Waals surface area (Å²) in [6.45, 7) is 1.00. The number of benzene rings is 3. The molecule has 0 bridgehead atoms. The Morgan fingerprint density at radius 2 is 1.62 bits per heavy atom. The van der Waals surface area contributed by atoms with Gasteiger partial charge in [0.2, 0.25) is 6.17 Å². The number of para-hydroxylation sites is 2. The number of nitrogens with one attached hydrogen (secondary N) is 2. The van der Waals surface area contributed by atoms with Crippen LogP contribution in [0.1, 0.15) is 42.4 Å². The van der Waals surface area contributed by atoms with Gasteiger partial charge >= 0.3 is 18.2 Å². The lowest BCUT2D eigenvalue weighted by Crippen LogP contribution is -2.55. The standard InChI is InChI=1S/C33H33F3N6O3/c34-33(35,36)17-8-18-41-27-14-7-5-12-25(27)28(22-9-2-1-3-10-22)38-29(30(41)43)39-31(44)40-19-15-24(16-20-40)42-21-23-11-4-6-13-26(23)37-32(42)45/h1-7,9-14,24,29H,8,15-21H2,(H,37,45)(H,39,44). The van der Waals surface area contributed by atoms with Crippen LogP contribution in [-0.2, 0) is 11.3 Å². The normalized spacial score (nSPS) is 18.9. The summed E-state index contributed by atoms with van der Waals surface area (Å²) < 4.78 is 39.1. The van der Waals surface area contributed by atoms with Crippen molar-refractivity contribution in [2.45, 2.75) is 50.6 Å². The maximum atomic E-state index is 13.9. The molecule has 3 heterocycles. The van der Waals surface area contributed by atoms with Crippen LogP contribution in [0.5, 0.6) is 0 Å². The number of halogens is 3. The van der Waals surface area contributed by atoms with E-state index in [1.807, 2.05) is 54.6 Å². The van der Waals surface area contributed by atoms with Crippen molar-refractivity contribution in [3.63, 3.8) is 0 Å². The molecule has 0 saturated carbocycles. The number of hydrogen-bond acceptors (Lipinski definition) is 4. The average Bonchev–Trinajstić information content (AvgIpc) is 3.15. The van der Waals surface area contributed by atoms with Crippen LogP contribution in [0.2, 0.25) is 0 Å². The first-order valence-corrected chi connectivity index (χ1v) is 15.0. The Bertz CT molecular complexity index is 1600. The first-order chi connectivity index (χ1) is 21.7. The second-order valence-corrected chi connectivity index (χ2v) is 11.4. The van der Waals surface area contributed by atoms with E-state index in [0.717, 1.165) is 11.3 Å². The average molecular weight is 619 g/mol. The molecule has 0 aliphatic carbocycles. The lowest BCUT2D eigenvalue weighted by molar-refractivity contribution is -0.135. The highest BCUT2D eigenvalue weighted by molar-refractivity contribution is 6.20. The maximum Gasteiger partial charge on any atom is 0.389 e. The number of benzodiazepines with no additional fused rings is 1. The SMILES string of the molecule is O=C(NC1N=C(c2ccccc2)c2ccccc2N(CCCC(F)(F)F)C1=O)N1CCC(N2Cc3ccccc3NC2=O)CC1. The number of rotatable bonds is 6. The molecular formula is C33H33F3N6O3. The minimum atomic E-state index is -4.36. The Morgan fingerprint density at radius 3 is 2.38 bits per heavy atom. The maximum absolute atomic E-state index is 13.9. The molecule has 9 nitrogen and oxygen atoms in total. The molecule has 3 aromatic carbocycles. The quantitative estimate of drug-likeness (QED) is 0.368. The van der Waals surface area contributed by atoms with Crippen LogP contribution >= 0.6 is 0 Å². The third-order valence-electron chi connectivity index (χ3n) is 8.41. The van der Waals surface area contributed by atoms with Gasteiger partial charge in [-0.2, -0.15) is 13.2 Å². The van der Waals surface area contributed by atoms with Gasteiger partial charge in [0.05, 0.1) is 11.4 Å². The van der Waals surface area contributed by atoms with Crippen molar-refractivity contribution in [1.29, 1.82) is 0 Å². The molecule has 45 heavy (non-hydrogen) atoms. The zero-order valence-electron chi connectivity index (χ0n) is 24.5. The summed E-state index contributed by atoms with van der Waals surface area (Å²) in [4.78, 5) is 49.6. The summed E-state index contributed by atoms with van der Waals surface area (Å²) in [5.41, 5.74) is 4.01. The van der Waals surface area contributed by atoms with Gasteiger partial charge in [-0.05, 0) is 37.0 Å². The monoisotopic (exact) mass is 618 g/mol. The van der Waals surface area contributed by atoms with Crippen LogP contribution in [-0.4, -0.2) is 71.5 Å². The van der Waals surface area contributed by atoms with Crippen LogP contribution in [0.25, 0.3) is 0 Å². The van der Waals surface area contributed by atoms with Gasteiger partial charge in [0, 0.05) is 55.5 Å². The zero-order chi connectivity index (χ0) is 31.6. The second kappa shape index (κ2) is 12.6. The number of alkyl halides is 3. The van der Waals surface area contributed by atoms with Crippen LogP contribution < -0.4 is 15.5 Å². The van der Waals surface area contributed by atoms with Gasteiger partial charge in [0.25, 0.3) is 5.91 Å². The number of likely N-dealkylation sites (tertiary alicyclic amines) is 1. The molecule has 234 valence electrons. The summed E-state index contributed by atoms with van der Waals surface area (Å²) in [5, 5.41) is 5.69. The number of carbonyl (C=O) groups excluding carboxylic acids is 3. The predicted octanol–water partition coefficient (Wildman–Crippen LogP) is 5.76. The minimum absolute atomic E-state index is 0.0664. The highest BCUT2D eigenvalue weighted by Crippen LogP contribution is 2.31. The van der Waals surface area contributed by atoms with Crippen LogP contribution in [0.4, 0.5) is 34.1 Å². The molecule has 0 radical (unpaired) electrons. The number of hydrogen-bond donors (Lipinski definition) is 2. The van der Waals surface area contributed by atoms with E-state index in [1.54, 1.807) is 34.1 Å². The van der Waals surface area contributed by atoms with Gasteiger partial charge in [0.1, 0.15) is 0 Å². The van der Waals surface area contributed by atoms with Crippen molar-refractivity contribution in [1.82, 2.24) is 15.1 Å². The van der Waals surface area contributed by atoms with E-state index in [4.69, 9.17) is 4.99 Å². The smallest absolute Gasteiger partial charge is 0.325 e. The topological polar surface area (TPSA) is 97.3 Å². The van der Waals surface area contributed by atoms with Crippen molar-refractivity contribution in [2.24, 2.45) is 4.99 Å². The van der Waals surface area contributed by atoms with Gasteiger partial charge in [-0.25, -0.2) is 14.6 Å². The van der Waals surface area contributed by atoms with Gasteiger partial charge in [0.15, 0.2) is 0 Å². The fraction of sp³-hybridized carbons (Fsp3) is 0.333. The lowest BCUT2D eigenvalue weighted by atomic mass is 10.00. The molecule has 12 heteroatoms. The van der Waals surface area contributed by atoms with Crippen molar-refractivity contribution in [3.8, 4) is 0 Å². The van der Waals surface area contributed by atoms with Crippen molar-refractivity contribution in [2.75, 3.05) is 29.9 Å². The Balaban J connectivity index is 1.20. The van der Waals surface area contributed by atoms with Crippen molar-refractivity contribution in [3.05, 3.63) is 95.6 Å². The van der Waals surface area contributed by atoms with E-state index in [9.17, 15) is 27.6 Å². The van der Waals surface area contributed by atoms with E-state index >= 15 is 0 Å². The second-order valence-electron chi connectivity index (χ2n) is 11.4. The molecule has 1 atom stereocenters. The van der Waals surface area contributed by atoms with Crippen LogP contribution in [0.3, 0.4) is 0 Å². The molecule has 1 unspecified atom stereocenters. The molecule has 3 aliphatic heterocycles. The van der Waals surface area contributed by atoms with E-state index in [0.29, 0.717) is 55.0 Å². The first kappa shape index (κ1) is 30.2. The fourth-order valence-corrected chi connectivity index (χ4v) is 6.12. The lowest BCUT2D eigenvalue weighted by Gasteiger charge is -2.40. The summed E-state index contributed by atoms with van der Waals surface area (Å²) in [5.74, 6) is -0.609. The fourth-order valence-electron chi connectivity index (χ4n) is 6.12. The van der Waals surface area contributed by atoms with Gasteiger partial charge < -0.3 is 25.3 Å². The van der Waals surface area contributed by atoms with Crippen molar-refractivity contribution >= 4 is 35.1 Å². The molecule has 5 amide bonds. The summed E-state index contributed by atoms with van der Waals surface area (Å²) in [6, 6.07) is 23.0. The third kappa shape index (κ3) is 6.64. The molecule has 1 saturated heterocycles. The molecule has 1 fully saturated rings. The number of fused-ring (bicyclic) bond motifs is 2. The number of amides is 5. The zero-order valence-corrected chi connectivity index (χ0v) is 24.5. The Kier molecular flexibility index (Phi) is 8.46. The van der Waals surface area contributed by atoms with E-state index in [-0.39, 0.29) is 25.0 Å². The molecule has 0 spiro atoms. The number of carbonyl (C=O) groups is 3. The van der Waals surface area contributed by atoms with Gasteiger partial charge in [-0.15, -0.1) is 0 Å². The highest BCUT2D eigenvalue weighted by Gasteiger charge is 2.37. The van der Waals surface area contributed by atoms with Crippen LogP contribution in [0, 0.1) is 0 Å². The van der Waals surface area contributed by atoms with Crippen LogP contribution in [0.15, 0.2) is 83.9 Å².